The second-order valence-corrected chi connectivity index (χ2v) is 5.04. The molecular formula is C14H16N2O4. The highest BCUT2D eigenvalue weighted by Crippen LogP contribution is 2.32. The van der Waals surface area contributed by atoms with Crippen molar-refractivity contribution in [1.29, 1.82) is 0 Å². The summed E-state index contributed by atoms with van der Waals surface area (Å²) in [5.74, 6) is 1.13. The molecule has 1 aromatic carbocycles. The molecule has 0 radical (unpaired) electrons. The van der Waals surface area contributed by atoms with Crippen molar-refractivity contribution >= 4 is 11.7 Å². The first-order valence-electron chi connectivity index (χ1n) is 6.53. The number of amides is 1. The highest BCUT2D eigenvalue weighted by Gasteiger charge is 2.28. The molecule has 1 amide bonds. The summed E-state index contributed by atoms with van der Waals surface area (Å²) in [5, 5.41) is 3.05. The molecule has 2 aliphatic heterocycles. The molecule has 0 unspecified atom stereocenters. The molecule has 0 aromatic heterocycles. The maximum absolute atomic E-state index is 12.2. The number of Topliss-reactive ketones (excluding diaryl/α,β-unsaturated/α-hetero) is 1. The lowest BCUT2D eigenvalue weighted by atomic mass is 10.0. The van der Waals surface area contributed by atoms with E-state index >= 15 is 0 Å². The van der Waals surface area contributed by atoms with Crippen LogP contribution in [0, 0.1) is 5.92 Å². The number of carbonyl (C=O) groups is 2. The summed E-state index contributed by atoms with van der Waals surface area (Å²) in [4.78, 5) is 25.6. The van der Waals surface area contributed by atoms with Crippen LogP contribution in [-0.4, -0.2) is 50.1 Å². The maximum Gasteiger partial charge on any atom is 0.231 e. The molecule has 3 rings (SSSR count). The molecule has 2 heterocycles. The molecule has 6 nitrogen and oxygen atoms in total. The van der Waals surface area contributed by atoms with E-state index < -0.39 is 0 Å². The number of carbonyl (C=O) groups excluding carboxylic acids is 2. The Bertz CT molecular complexity index is 554. The Morgan fingerprint density at radius 3 is 2.75 bits per heavy atom. The third-order valence-corrected chi connectivity index (χ3v) is 3.58. The molecule has 0 saturated carbocycles. The summed E-state index contributed by atoms with van der Waals surface area (Å²) in [5.41, 5.74) is 0.528. The van der Waals surface area contributed by atoms with E-state index in [1.807, 2.05) is 0 Å². The normalized spacial score (nSPS) is 16.6. The number of nitrogens with zero attached hydrogens (tertiary/aromatic N) is 1. The van der Waals surface area contributed by atoms with Crippen molar-refractivity contribution in [3.05, 3.63) is 23.8 Å². The second-order valence-electron chi connectivity index (χ2n) is 5.04. The number of fused-ring (bicyclic) bond motifs is 1. The fourth-order valence-corrected chi connectivity index (χ4v) is 2.23. The van der Waals surface area contributed by atoms with Crippen LogP contribution in [0.2, 0.25) is 0 Å². The fourth-order valence-electron chi connectivity index (χ4n) is 2.23. The Morgan fingerprint density at radius 2 is 2.05 bits per heavy atom. The highest BCUT2D eigenvalue weighted by molar-refractivity contribution is 6.00. The predicted molar refractivity (Wildman–Crippen MR) is 70.9 cm³/mol. The molecule has 1 fully saturated rings. The van der Waals surface area contributed by atoms with Crippen LogP contribution in [0.3, 0.4) is 0 Å². The third-order valence-electron chi connectivity index (χ3n) is 3.58. The first-order valence-corrected chi connectivity index (χ1v) is 6.53. The van der Waals surface area contributed by atoms with E-state index in [1.165, 1.54) is 4.90 Å². The minimum Gasteiger partial charge on any atom is -0.454 e. The van der Waals surface area contributed by atoms with E-state index in [9.17, 15) is 9.59 Å². The molecule has 1 saturated heterocycles. The molecule has 0 bridgehead atoms. The molecule has 1 N–H and O–H groups in total. The van der Waals surface area contributed by atoms with Gasteiger partial charge >= 0.3 is 0 Å². The van der Waals surface area contributed by atoms with Gasteiger partial charge in [0, 0.05) is 25.7 Å². The van der Waals surface area contributed by atoms with Crippen LogP contribution in [0.25, 0.3) is 0 Å². The third kappa shape index (κ3) is 2.34. The zero-order chi connectivity index (χ0) is 14.1. The van der Waals surface area contributed by atoms with Crippen LogP contribution in [0.1, 0.15) is 10.4 Å². The summed E-state index contributed by atoms with van der Waals surface area (Å²) in [6.45, 7) is 1.65. The van der Waals surface area contributed by atoms with Crippen molar-refractivity contribution in [2.75, 3.05) is 33.5 Å². The van der Waals surface area contributed by atoms with Crippen LogP contribution >= 0.6 is 0 Å². The first kappa shape index (κ1) is 12.9. The van der Waals surface area contributed by atoms with Crippen LogP contribution in [0.15, 0.2) is 18.2 Å². The van der Waals surface area contributed by atoms with Gasteiger partial charge < -0.3 is 19.7 Å². The Hall–Kier alpha value is -2.08. The van der Waals surface area contributed by atoms with Gasteiger partial charge in [0.15, 0.2) is 17.3 Å². The summed E-state index contributed by atoms with van der Waals surface area (Å²) >= 11 is 0. The zero-order valence-corrected chi connectivity index (χ0v) is 11.2. The van der Waals surface area contributed by atoms with Crippen LogP contribution in [-0.2, 0) is 4.79 Å². The van der Waals surface area contributed by atoms with Crippen molar-refractivity contribution in [3.63, 3.8) is 0 Å². The second kappa shape index (κ2) is 5.13. The monoisotopic (exact) mass is 276 g/mol. The van der Waals surface area contributed by atoms with Crippen LogP contribution in [0.4, 0.5) is 0 Å². The molecule has 0 aliphatic carbocycles. The molecular weight excluding hydrogens is 260 g/mol. The van der Waals surface area contributed by atoms with Crippen LogP contribution in [0.5, 0.6) is 11.5 Å². The van der Waals surface area contributed by atoms with Gasteiger partial charge in [-0.1, -0.05) is 0 Å². The SMILES string of the molecule is CN(CC(=O)c1ccc2c(c1)OCO2)C(=O)C1CNC1. The Kier molecular flexibility index (Phi) is 3.31. The number of hydrogen-bond acceptors (Lipinski definition) is 5. The molecule has 106 valence electrons. The van der Waals surface area contributed by atoms with E-state index in [1.54, 1.807) is 25.2 Å². The molecule has 1 aromatic rings. The topological polar surface area (TPSA) is 67.9 Å². The van der Waals surface area contributed by atoms with Gasteiger partial charge in [0.1, 0.15) is 0 Å². The Balaban J connectivity index is 1.65. The number of nitrogens with one attached hydrogen (secondary N) is 1. The van der Waals surface area contributed by atoms with Gasteiger partial charge in [-0.25, -0.2) is 0 Å². The minimum atomic E-state index is -0.105. The molecule has 0 spiro atoms. The number of likely N-dealkylation sites (N-methyl/N-ethyl adjacent to an activating group) is 1. The maximum atomic E-state index is 12.2. The minimum absolute atomic E-state index is 0.00422. The van der Waals surface area contributed by atoms with Crippen molar-refractivity contribution in [1.82, 2.24) is 10.2 Å². The lowest BCUT2D eigenvalue weighted by molar-refractivity contribution is -0.135. The smallest absolute Gasteiger partial charge is 0.231 e. The predicted octanol–water partition coefficient (Wildman–Crippen LogP) is 0.276. The van der Waals surface area contributed by atoms with E-state index in [4.69, 9.17) is 9.47 Å². The lowest BCUT2D eigenvalue weighted by Gasteiger charge is -2.29. The number of ketones is 1. The summed E-state index contributed by atoms with van der Waals surface area (Å²) in [6, 6.07) is 5.07. The quantitative estimate of drug-likeness (QED) is 0.800. The van der Waals surface area contributed by atoms with Gasteiger partial charge in [-0.2, -0.15) is 0 Å². The van der Waals surface area contributed by atoms with Crippen molar-refractivity contribution in [2.45, 2.75) is 0 Å². The zero-order valence-electron chi connectivity index (χ0n) is 11.2. The van der Waals surface area contributed by atoms with Gasteiger partial charge in [-0.05, 0) is 18.2 Å². The Morgan fingerprint density at radius 1 is 1.30 bits per heavy atom. The van der Waals surface area contributed by atoms with Gasteiger partial charge in [0.25, 0.3) is 0 Å². The number of rotatable bonds is 4. The lowest BCUT2D eigenvalue weighted by Crippen LogP contribution is -2.51. The van der Waals surface area contributed by atoms with Gasteiger partial charge in [0.05, 0.1) is 12.5 Å². The van der Waals surface area contributed by atoms with Crippen molar-refractivity contribution < 1.29 is 19.1 Å². The number of hydrogen-bond donors (Lipinski definition) is 1. The molecule has 0 atom stereocenters. The number of ether oxygens (including phenoxy) is 2. The van der Waals surface area contributed by atoms with Gasteiger partial charge in [-0.15, -0.1) is 0 Å². The summed E-state index contributed by atoms with van der Waals surface area (Å²) in [7, 11) is 1.66. The standard InChI is InChI=1S/C14H16N2O4/c1-16(14(18)10-5-15-6-10)7-11(17)9-2-3-12-13(4-9)20-8-19-12/h2-4,10,15H,5-8H2,1H3. The summed E-state index contributed by atoms with van der Waals surface area (Å²) < 4.78 is 10.4. The fraction of sp³-hybridized carbons (Fsp3) is 0.429. The number of benzene rings is 1. The van der Waals surface area contributed by atoms with Crippen molar-refractivity contribution in [3.8, 4) is 11.5 Å². The van der Waals surface area contributed by atoms with Gasteiger partial charge in [0.2, 0.25) is 12.7 Å². The largest absolute Gasteiger partial charge is 0.454 e. The average molecular weight is 276 g/mol. The van der Waals surface area contributed by atoms with Crippen molar-refractivity contribution in [2.24, 2.45) is 5.92 Å². The molecule has 2 aliphatic rings. The average Bonchev–Trinajstić information content (AvgIpc) is 2.83. The first-order chi connectivity index (χ1) is 9.65. The van der Waals surface area contributed by atoms with Gasteiger partial charge in [-0.3, -0.25) is 9.59 Å². The van der Waals surface area contributed by atoms with Crippen LogP contribution < -0.4 is 14.8 Å². The molecule has 20 heavy (non-hydrogen) atoms. The van der Waals surface area contributed by atoms with E-state index in [0.717, 1.165) is 0 Å². The van der Waals surface area contributed by atoms with E-state index in [-0.39, 0.29) is 30.9 Å². The van der Waals surface area contributed by atoms with E-state index in [0.29, 0.717) is 30.2 Å². The summed E-state index contributed by atoms with van der Waals surface area (Å²) in [6.07, 6.45) is 0. The van der Waals surface area contributed by atoms with E-state index in [2.05, 4.69) is 5.32 Å². The Labute approximate surface area is 116 Å². The highest BCUT2D eigenvalue weighted by atomic mass is 16.7. The molecule has 6 heteroatoms.